The number of aryl methyl sites for hydroxylation is 2. The van der Waals surface area contributed by atoms with Crippen LogP contribution in [0, 0.1) is 13.8 Å². The van der Waals surface area contributed by atoms with Gasteiger partial charge in [-0.2, -0.15) is 0 Å². The zero-order valence-corrected chi connectivity index (χ0v) is 15.6. The van der Waals surface area contributed by atoms with E-state index in [-0.39, 0.29) is 0 Å². The van der Waals surface area contributed by atoms with Crippen LogP contribution in [0.25, 0.3) is 0 Å². The van der Waals surface area contributed by atoms with Crippen LogP contribution in [-0.2, 0) is 10.0 Å². The molecule has 0 amide bonds. The number of nitrogens with zero attached hydrogens (tertiary/aromatic N) is 2. The van der Waals surface area contributed by atoms with Crippen molar-refractivity contribution in [2.45, 2.75) is 44.4 Å². The summed E-state index contributed by atoms with van der Waals surface area (Å²) in [6, 6.07) is 9.11. The van der Waals surface area contributed by atoms with Gasteiger partial charge in [0.25, 0.3) is 10.0 Å². The lowest BCUT2D eigenvalue weighted by molar-refractivity contribution is 0.600. The van der Waals surface area contributed by atoms with Crippen molar-refractivity contribution in [2.24, 2.45) is 0 Å². The highest BCUT2D eigenvalue weighted by molar-refractivity contribution is 7.92. The Labute approximate surface area is 150 Å². The number of rotatable bonds is 4. The van der Waals surface area contributed by atoms with Crippen molar-refractivity contribution in [3.63, 3.8) is 0 Å². The summed E-state index contributed by atoms with van der Waals surface area (Å²) in [6.07, 6.45) is 6.50. The number of hydrogen-bond acceptors (Lipinski definition) is 4. The van der Waals surface area contributed by atoms with E-state index in [0.717, 1.165) is 30.0 Å². The monoisotopic (exact) mass is 359 g/mol. The molecular formula is C19H25N3O2S. The molecular weight excluding hydrogens is 334 g/mol. The van der Waals surface area contributed by atoms with Crippen LogP contribution in [-0.4, -0.2) is 26.5 Å². The molecule has 1 saturated heterocycles. The molecule has 0 bridgehead atoms. The number of sulfonamides is 1. The van der Waals surface area contributed by atoms with E-state index in [1.165, 1.54) is 25.7 Å². The maximum absolute atomic E-state index is 12.7. The van der Waals surface area contributed by atoms with E-state index in [2.05, 4.69) is 14.6 Å². The number of nitrogens with one attached hydrogen (secondary N) is 1. The molecule has 1 N–H and O–H groups in total. The van der Waals surface area contributed by atoms with Crippen molar-refractivity contribution < 1.29 is 8.42 Å². The standard InChI is InChI=1S/C19H25N3O2S/c1-15-7-8-16(2)18(13-15)25(23,24)21-17-9-10-19(20-14-17)22-11-5-3-4-6-12-22/h7-10,13-14,21H,3-6,11-12H2,1-2H3. The minimum Gasteiger partial charge on any atom is -0.357 e. The Morgan fingerprint density at radius 2 is 1.72 bits per heavy atom. The summed E-state index contributed by atoms with van der Waals surface area (Å²) in [5, 5.41) is 0. The molecule has 1 aliphatic rings. The van der Waals surface area contributed by atoms with Gasteiger partial charge in [0.1, 0.15) is 5.82 Å². The number of pyridine rings is 1. The summed E-state index contributed by atoms with van der Waals surface area (Å²) in [7, 11) is -3.61. The third-order valence-corrected chi connectivity index (χ3v) is 6.09. The average Bonchev–Trinajstić information content (AvgIpc) is 2.87. The summed E-state index contributed by atoms with van der Waals surface area (Å²) >= 11 is 0. The van der Waals surface area contributed by atoms with Crippen LogP contribution in [0.3, 0.4) is 0 Å². The second-order valence-corrected chi connectivity index (χ2v) is 8.33. The molecule has 2 aromatic rings. The Balaban J connectivity index is 1.77. The fourth-order valence-corrected chi connectivity index (χ4v) is 4.51. The normalized spacial score (nSPS) is 15.7. The first kappa shape index (κ1) is 17.7. The van der Waals surface area contributed by atoms with Gasteiger partial charge in [-0.1, -0.05) is 25.0 Å². The van der Waals surface area contributed by atoms with Crippen LogP contribution in [0.15, 0.2) is 41.4 Å². The molecule has 5 nitrogen and oxygen atoms in total. The Kier molecular flexibility index (Phi) is 5.27. The van der Waals surface area contributed by atoms with Crippen molar-refractivity contribution >= 4 is 21.5 Å². The van der Waals surface area contributed by atoms with Gasteiger partial charge in [-0.15, -0.1) is 0 Å². The van der Waals surface area contributed by atoms with Crippen LogP contribution in [0.1, 0.15) is 36.8 Å². The van der Waals surface area contributed by atoms with Gasteiger partial charge in [-0.05, 0) is 56.0 Å². The highest BCUT2D eigenvalue weighted by Crippen LogP contribution is 2.22. The van der Waals surface area contributed by atoms with E-state index < -0.39 is 10.0 Å². The SMILES string of the molecule is Cc1ccc(C)c(S(=O)(=O)Nc2ccc(N3CCCCCC3)nc2)c1. The predicted octanol–water partition coefficient (Wildman–Crippen LogP) is 3.88. The van der Waals surface area contributed by atoms with Gasteiger partial charge in [0.2, 0.25) is 0 Å². The fourth-order valence-electron chi connectivity index (χ4n) is 3.14. The van der Waals surface area contributed by atoms with E-state index in [1.807, 2.05) is 25.1 Å². The first-order chi connectivity index (χ1) is 12.0. The van der Waals surface area contributed by atoms with Crippen molar-refractivity contribution in [1.29, 1.82) is 0 Å². The molecule has 1 aromatic heterocycles. The Morgan fingerprint density at radius 1 is 1.00 bits per heavy atom. The molecule has 2 heterocycles. The van der Waals surface area contributed by atoms with E-state index in [4.69, 9.17) is 0 Å². The zero-order valence-electron chi connectivity index (χ0n) is 14.8. The van der Waals surface area contributed by atoms with Crippen LogP contribution in [0.4, 0.5) is 11.5 Å². The number of hydrogen-bond donors (Lipinski definition) is 1. The number of benzene rings is 1. The molecule has 1 aliphatic heterocycles. The predicted molar refractivity (Wildman–Crippen MR) is 102 cm³/mol. The largest absolute Gasteiger partial charge is 0.357 e. The van der Waals surface area contributed by atoms with Crippen LogP contribution >= 0.6 is 0 Å². The molecule has 6 heteroatoms. The van der Waals surface area contributed by atoms with Gasteiger partial charge in [0.15, 0.2) is 0 Å². The minimum atomic E-state index is -3.61. The second-order valence-electron chi connectivity index (χ2n) is 6.68. The van der Waals surface area contributed by atoms with E-state index in [1.54, 1.807) is 25.3 Å². The molecule has 1 fully saturated rings. The lowest BCUT2D eigenvalue weighted by Gasteiger charge is -2.21. The van der Waals surface area contributed by atoms with Crippen molar-refractivity contribution in [3.8, 4) is 0 Å². The summed E-state index contributed by atoms with van der Waals surface area (Å²) in [5.41, 5.74) is 2.13. The smallest absolute Gasteiger partial charge is 0.262 e. The first-order valence-electron chi connectivity index (χ1n) is 8.77. The van der Waals surface area contributed by atoms with Crippen molar-refractivity contribution in [2.75, 3.05) is 22.7 Å². The quantitative estimate of drug-likeness (QED) is 0.900. The maximum Gasteiger partial charge on any atom is 0.262 e. The molecule has 25 heavy (non-hydrogen) atoms. The van der Waals surface area contributed by atoms with Gasteiger partial charge >= 0.3 is 0 Å². The number of anilines is 2. The van der Waals surface area contributed by atoms with Gasteiger partial charge in [0.05, 0.1) is 16.8 Å². The van der Waals surface area contributed by atoms with Crippen molar-refractivity contribution in [3.05, 3.63) is 47.7 Å². The highest BCUT2D eigenvalue weighted by atomic mass is 32.2. The third kappa shape index (κ3) is 4.31. The summed E-state index contributed by atoms with van der Waals surface area (Å²) in [6.45, 7) is 5.71. The lowest BCUT2D eigenvalue weighted by Crippen LogP contribution is -2.24. The van der Waals surface area contributed by atoms with Crippen LogP contribution in [0.5, 0.6) is 0 Å². The average molecular weight is 359 g/mol. The molecule has 0 saturated carbocycles. The van der Waals surface area contributed by atoms with Crippen LogP contribution in [0.2, 0.25) is 0 Å². The van der Waals surface area contributed by atoms with Crippen molar-refractivity contribution in [1.82, 2.24) is 4.98 Å². The molecule has 1 aromatic carbocycles. The Morgan fingerprint density at radius 3 is 2.36 bits per heavy atom. The summed E-state index contributed by atoms with van der Waals surface area (Å²) in [5.74, 6) is 0.914. The highest BCUT2D eigenvalue weighted by Gasteiger charge is 2.18. The second kappa shape index (κ2) is 7.44. The Bertz CT molecular complexity index is 824. The molecule has 0 unspecified atom stereocenters. The maximum atomic E-state index is 12.7. The topological polar surface area (TPSA) is 62.3 Å². The van der Waals surface area contributed by atoms with E-state index in [0.29, 0.717) is 10.6 Å². The van der Waals surface area contributed by atoms with Gasteiger partial charge in [0, 0.05) is 13.1 Å². The lowest BCUT2D eigenvalue weighted by atomic mass is 10.2. The minimum absolute atomic E-state index is 0.309. The number of aromatic nitrogens is 1. The molecule has 0 atom stereocenters. The first-order valence-corrected chi connectivity index (χ1v) is 10.3. The van der Waals surface area contributed by atoms with Crippen LogP contribution < -0.4 is 9.62 Å². The van der Waals surface area contributed by atoms with Gasteiger partial charge < -0.3 is 4.90 Å². The third-order valence-electron chi connectivity index (χ3n) is 4.56. The van der Waals surface area contributed by atoms with Gasteiger partial charge in [-0.25, -0.2) is 13.4 Å². The van der Waals surface area contributed by atoms with E-state index in [9.17, 15) is 8.42 Å². The molecule has 0 aliphatic carbocycles. The molecule has 3 rings (SSSR count). The zero-order chi connectivity index (χ0) is 17.9. The fraction of sp³-hybridized carbons (Fsp3) is 0.421. The summed E-state index contributed by atoms with van der Waals surface area (Å²) < 4.78 is 28.0. The van der Waals surface area contributed by atoms with Gasteiger partial charge in [-0.3, -0.25) is 4.72 Å². The molecule has 134 valence electrons. The molecule has 0 spiro atoms. The summed E-state index contributed by atoms with van der Waals surface area (Å²) in [4.78, 5) is 7.04. The van der Waals surface area contributed by atoms with E-state index >= 15 is 0 Å². The Hall–Kier alpha value is -2.08. The molecule has 0 radical (unpaired) electrons.